The highest BCUT2D eigenvalue weighted by atomic mass is 19.1. The molecule has 0 spiro atoms. The number of benzene rings is 2. The third-order valence-electron chi connectivity index (χ3n) is 3.71. The van der Waals surface area contributed by atoms with E-state index in [1.165, 1.54) is 18.2 Å². The number of hydrogen-bond acceptors (Lipinski definition) is 3. The molecule has 5 heteroatoms. The SMILES string of the molecule is O/N=C1/CCN(Cc2c(F)cccc2F)c2ccccc21. The van der Waals surface area contributed by atoms with E-state index >= 15 is 0 Å². The Morgan fingerprint density at radius 3 is 2.48 bits per heavy atom. The van der Waals surface area contributed by atoms with Crippen LogP contribution in [0.2, 0.25) is 0 Å². The van der Waals surface area contributed by atoms with Crippen LogP contribution in [0.15, 0.2) is 47.6 Å². The first-order valence-corrected chi connectivity index (χ1v) is 6.69. The highest BCUT2D eigenvalue weighted by molar-refractivity contribution is 6.06. The summed E-state index contributed by atoms with van der Waals surface area (Å²) in [6.07, 6.45) is 0.531. The molecule has 1 aliphatic rings. The second-order valence-electron chi connectivity index (χ2n) is 4.94. The molecule has 2 aromatic rings. The van der Waals surface area contributed by atoms with E-state index in [4.69, 9.17) is 5.21 Å². The zero-order valence-corrected chi connectivity index (χ0v) is 11.3. The Bertz CT molecular complexity index is 680. The highest BCUT2D eigenvalue weighted by Gasteiger charge is 2.23. The molecule has 0 saturated heterocycles. The molecular formula is C16H14F2N2O. The van der Waals surface area contributed by atoms with Crippen molar-refractivity contribution in [3.63, 3.8) is 0 Å². The molecule has 1 N–H and O–H groups in total. The molecule has 3 nitrogen and oxygen atoms in total. The average molecular weight is 288 g/mol. The minimum atomic E-state index is -0.547. The molecule has 21 heavy (non-hydrogen) atoms. The maximum absolute atomic E-state index is 13.8. The van der Waals surface area contributed by atoms with Crippen molar-refractivity contribution in [1.82, 2.24) is 0 Å². The van der Waals surface area contributed by atoms with Gasteiger partial charge in [0, 0.05) is 36.3 Å². The fourth-order valence-electron chi connectivity index (χ4n) is 2.63. The Morgan fingerprint density at radius 1 is 1.05 bits per heavy atom. The van der Waals surface area contributed by atoms with Crippen LogP contribution in [-0.4, -0.2) is 17.5 Å². The van der Waals surface area contributed by atoms with Crippen LogP contribution in [0.1, 0.15) is 17.5 Å². The van der Waals surface area contributed by atoms with Crippen LogP contribution in [0.25, 0.3) is 0 Å². The highest BCUT2D eigenvalue weighted by Crippen LogP contribution is 2.29. The van der Waals surface area contributed by atoms with E-state index in [2.05, 4.69) is 5.16 Å². The smallest absolute Gasteiger partial charge is 0.131 e. The summed E-state index contributed by atoms with van der Waals surface area (Å²) in [6, 6.07) is 11.3. The molecule has 0 aromatic heterocycles. The molecule has 1 aliphatic heterocycles. The largest absolute Gasteiger partial charge is 0.411 e. The molecule has 0 radical (unpaired) electrons. The van der Waals surface area contributed by atoms with Crippen LogP contribution < -0.4 is 4.90 Å². The van der Waals surface area contributed by atoms with Crippen LogP contribution in [0.4, 0.5) is 14.5 Å². The van der Waals surface area contributed by atoms with Crippen molar-refractivity contribution < 1.29 is 14.0 Å². The van der Waals surface area contributed by atoms with Crippen molar-refractivity contribution in [2.24, 2.45) is 5.16 Å². The molecule has 1 heterocycles. The van der Waals surface area contributed by atoms with E-state index in [9.17, 15) is 8.78 Å². The number of halogens is 2. The second kappa shape index (κ2) is 5.52. The number of nitrogens with zero attached hydrogens (tertiary/aromatic N) is 2. The van der Waals surface area contributed by atoms with Gasteiger partial charge in [0.1, 0.15) is 11.6 Å². The first kappa shape index (κ1) is 13.5. The molecule has 0 saturated carbocycles. The maximum Gasteiger partial charge on any atom is 0.131 e. The summed E-state index contributed by atoms with van der Waals surface area (Å²) < 4.78 is 27.6. The summed E-state index contributed by atoms with van der Waals surface area (Å²) >= 11 is 0. The van der Waals surface area contributed by atoms with E-state index < -0.39 is 11.6 Å². The van der Waals surface area contributed by atoms with E-state index in [1.54, 1.807) is 0 Å². The summed E-state index contributed by atoms with van der Waals surface area (Å²) in [6.45, 7) is 0.693. The summed E-state index contributed by atoms with van der Waals surface area (Å²) in [5.41, 5.74) is 2.26. The van der Waals surface area contributed by atoms with Gasteiger partial charge in [0.2, 0.25) is 0 Å². The van der Waals surface area contributed by atoms with Gasteiger partial charge in [0.25, 0.3) is 0 Å². The van der Waals surface area contributed by atoms with Crippen molar-refractivity contribution in [2.45, 2.75) is 13.0 Å². The summed E-state index contributed by atoms with van der Waals surface area (Å²) in [5.74, 6) is -1.09. The maximum atomic E-state index is 13.8. The molecule has 3 rings (SSSR count). The standard InChI is InChI=1S/C16H14F2N2O/c17-13-5-3-6-14(18)12(13)10-20-9-8-15(19-21)11-4-1-2-7-16(11)20/h1-7,21H,8-10H2/b19-15-. The van der Waals surface area contributed by atoms with Crippen LogP contribution in [0.3, 0.4) is 0 Å². The van der Waals surface area contributed by atoms with Gasteiger partial charge in [-0.25, -0.2) is 8.78 Å². The zero-order valence-electron chi connectivity index (χ0n) is 11.3. The Hall–Kier alpha value is -2.43. The Labute approximate surface area is 121 Å². The summed E-state index contributed by atoms with van der Waals surface area (Å²) in [4.78, 5) is 1.89. The molecule has 0 aliphatic carbocycles. The Kier molecular flexibility index (Phi) is 3.56. The topological polar surface area (TPSA) is 35.8 Å². The first-order valence-electron chi connectivity index (χ1n) is 6.69. The number of fused-ring (bicyclic) bond motifs is 1. The lowest BCUT2D eigenvalue weighted by molar-refractivity contribution is 0.317. The molecular weight excluding hydrogens is 274 g/mol. The summed E-state index contributed by atoms with van der Waals surface area (Å²) in [7, 11) is 0. The minimum Gasteiger partial charge on any atom is -0.411 e. The lowest BCUT2D eigenvalue weighted by Gasteiger charge is -2.31. The van der Waals surface area contributed by atoms with Crippen LogP contribution in [0.5, 0.6) is 0 Å². The van der Waals surface area contributed by atoms with Crippen LogP contribution >= 0.6 is 0 Å². The van der Waals surface area contributed by atoms with Crippen molar-refractivity contribution in [3.05, 3.63) is 65.2 Å². The van der Waals surface area contributed by atoms with Crippen molar-refractivity contribution in [3.8, 4) is 0 Å². The molecule has 108 valence electrons. The Morgan fingerprint density at radius 2 is 1.76 bits per heavy atom. The van der Waals surface area contributed by atoms with E-state index in [-0.39, 0.29) is 12.1 Å². The Balaban J connectivity index is 1.98. The van der Waals surface area contributed by atoms with Gasteiger partial charge in [-0.15, -0.1) is 0 Å². The number of rotatable bonds is 2. The minimum absolute atomic E-state index is 0.0525. The fourth-order valence-corrected chi connectivity index (χ4v) is 2.63. The van der Waals surface area contributed by atoms with E-state index in [0.717, 1.165) is 11.3 Å². The molecule has 0 unspecified atom stereocenters. The predicted octanol–water partition coefficient (Wildman–Crippen LogP) is 3.55. The van der Waals surface area contributed by atoms with Gasteiger partial charge in [-0.3, -0.25) is 0 Å². The van der Waals surface area contributed by atoms with Gasteiger partial charge in [-0.2, -0.15) is 0 Å². The monoisotopic (exact) mass is 288 g/mol. The predicted molar refractivity (Wildman–Crippen MR) is 76.8 cm³/mol. The number of anilines is 1. The quantitative estimate of drug-likeness (QED) is 0.677. The van der Waals surface area contributed by atoms with Gasteiger partial charge >= 0.3 is 0 Å². The van der Waals surface area contributed by atoms with E-state index in [1.807, 2.05) is 29.2 Å². The molecule has 0 amide bonds. The third kappa shape index (κ3) is 2.46. The lowest BCUT2D eigenvalue weighted by Crippen LogP contribution is -2.32. The number of hydrogen-bond donors (Lipinski definition) is 1. The van der Waals surface area contributed by atoms with E-state index in [0.29, 0.717) is 18.7 Å². The second-order valence-corrected chi connectivity index (χ2v) is 4.94. The first-order chi connectivity index (χ1) is 10.2. The average Bonchev–Trinajstić information content (AvgIpc) is 2.51. The normalized spacial score (nSPS) is 16.1. The van der Waals surface area contributed by atoms with Gasteiger partial charge in [-0.05, 0) is 18.2 Å². The molecule has 0 fully saturated rings. The fraction of sp³-hybridized carbons (Fsp3) is 0.188. The van der Waals surface area contributed by atoms with Crippen molar-refractivity contribution in [1.29, 1.82) is 0 Å². The van der Waals surface area contributed by atoms with Crippen molar-refractivity contribution in [2.75, 3.05) is 11.4 Å². The molecule has 2 aromatic carbocycles. The van der Waals surface area contributed by atoms with Crippen molar-refractivity contribution >= 4 is 11.4 Å². The molecule has 0 bridgehead atoms. The molecule has 0 atom stereocenters. The van der Waals surface area contributed by atoms with Gasteiger partial charge in [-0.1, -0.05) is 29.4 Å². The van der Waals surface area contributed by atoms with Crippen LogP contribution in [-0.2, 0) is 6.54 Å². The number of oxime groups is 1. The van der Waals surface area contributed by atoms with Gasteiger partial charge in [0.05, 0.1) is 5.71 Å². The number of para-hydroxylation sites is 1. The lowest BCUT2D eigenvalue weighted by atomic mass is 9.99. The van der Waals surface area contributed by atoms with Gasteiger partial charge < -0.3 is 10.1 Å². The zero-order chi connectivity index (χ0) is 14.8. The third-order valence-corrected chi connectivity index (χ3v) is 3.71. The van der Waals surface area contributed by atoms with Gasteiger partial charge in [0.15, 0.2) is 0 Å². The summed E-state index contributed by atoms with van der Waals surface area (Å²) in [5, 5.41) is 12.4. The van der Waals surface area contributed by atoms with Crippen LogP contribution in [0, 0.1) is 11.6 Å².